The Hall–Kier alpha value is -1.82. The van der Waals surface area contributed by atoms with Gasteiger partial charge in [0.2, 0.25) is 5.13 Å². The number of anilines is 2. The summed E-state index contributed by atoms with van der Waals surface area (Å²) < 4.78 is 5.14. The molecule has 0 atom stereocenters. The highest BCUT2D eigenvalue weighted by Crippen LogP contribution is 2.21. The highest BCUT2D eigenvalue weighted by molar-refractivity contribution is 7.15. The molecule has 0 aliphatic carbocycles. The molecule has 0 fully saturated rings. The lowest BCUT2D eigenvalue weighted by Gasteiger charge is -2.17. The van der Waals surface area contributed by atoms with Gasteiger partial charge in [0.15, 0.2) is 0 Å². The molecule has 96 valence electrons. The standard InChI is InChI=1S/C12H16N4OS/c1-13-12-15-14-11(18-12)8-16(2)9-4-6-10(17-3)7-5-9/h4-7H,8H2,1-3H3,(H,13,15). The summed E-state index contributed by atoms with van der Waals surface area (Å²) in [5, 5.41) is 13.0. The Kier molecular flexibility index (Phi) is 3.99. The van der Waals surface area contributed by atoms with Crippen molar-refractivity contribution in [1.29, 1.82) is 0 Å². The van der Waals surface area contributed by atoms with Crippen LogP contribution in [-0.4, -0.2) is 31.4 Å². The lowest BCUT2D eigenvalue weighted by molar-refractivity contribution is 0.415. The molecule has 0 saturated carbocycles. The van der Waals surface area contributed by atoms with Gasteiger partial charge in [-0.1, -0.05) is 11.3 Å². The molecule has 0 unspecified atom stereocenters. The number of hydrogen-bond acceptors (Lipinski definition) is 6. The van der Waals surface area contributed by atoms with E-state index in [1.807, 2.05) is 38.4 Å². The zero-order valence-electron chi connectivity index (χ0n) is 10.7. The number of nitrogens with zero attached hydrogens (tertiary/aromatic N) is 3. The second-order valence-electron chi connectivity index (χ2n) is 3.81. The molecule has 2 aromatic rings. The fraction of sp³-hybridized carbons (Fsp3) is 0.333. The molecule has 1 heterocycles. The zero-order chi connectivity index (χ0) is 13.0. The molecule has 0 amide bonds. The van der Waals surface area contributed by atoms with Gasteiger partial charge in [0.25, 0.3) is 0 Å². The molecular weight excluding hydrogens is 248 g/mol. The van der Waals surface area contributed by atoms with Gasteiger partial charge in [0, 0.05) is 19.8 Å². The topological polar surface area (TPSA) is 50.3 Å². The SMILES string of the molecule is CNc1nnc(CN(C)c2ccc(OC)cc2)s1. The summed E-state index contributed by atoms with van der Waals surface area (Å²) in [7, 11) is 5.54. The maximum Gasteiger partial charge on any atom is 0.205 e. The Labute approximate surface area is 110 Å². The van der Waals surface area contributed by atoms with Gasteiger partial charge in [-0.25, -0.2) is 0 Å². The third kappa shape index (κ3) is 2.89. The molecule has 6 heteroatoms. The summed E-state index contributed by atoms with van der Waals surface area (Å²) >= 11 is 1.56. The van der Waals surface area contributed by atoms with Gasteiger partial charge in [0.1, 0.15) is 10.8 Å². The quantitative estimate of drug-likeness (QED) is 0.897. The first-order chi connectivity index (χ1) is 8.72. The summed E-state index contributed by atoms with van der Waals surface area (Å²) in [6.07, 6.45) is 0. The van der Waals surface area contributed by atoms with Crippen LogP contribution in [0, 0.1) is 0 Å². The first kappa shape index (κ1) is 12.6. The first-order valence-corrected chi connectivity index (χ1v) is 6.40. The number of ether oxygens (including phenoxy) is 1. The minimum Gasteiger partial charge on any atom is -0.497 e. The van der Waals surface area contributed by atoms with E-state index in [4.69, 9.17) is 4.74 Å². The number of hydrogen-bond donors (Lipinski definition) is 1. The Morgan fingerprint density at radius 2 is 2.00 bits per heavy atom. The van der Waals surface area contributed by atoms with Gasteiger partial charge < -0.3 is 15.0 Å². The number of methoxy groups -OCH3 is 1. The van der Waals surface area contributed by atoms with Crippen LogP contribution in [0.2, 0.25) is 0 Å². The normalized spacial score (nSPS) is 10.2. The smallest absolute Gasteiger partial charge is 0.205 e. The van der Waals surface area contributed by atoms with Crippen LogP contribution < -0.4 is 15.0 Å². The van der Waals surface area contributed by atoms with Gasteiger partial charge >= 0.3 is 0 Å². The van der Waals surface area contributed by atoms with Crippen molar-refractivity contribution in [3.8, 4) is 5.75 Å². The molecule has 0 spiro atoms. The largest absolute Gasteiger partial charge is 0.497 e. The molecule has 5 nitrogen and oxygen atoms in total. The van der Waals surface area contributed by atoms with Crippen LogP contribution in [0.5, 0.6) is 5.75 Å². The number of benzene rings is 1. The summed E-state index contributed by atoms with van der Waals surface area (Å²) in [4.78, 5) is 2.12. The van der Waals surface area contributed by atoms with Crippen molar-refractivity contribution < 1.29 is 4.74 Å². The van der Waals surface area contributed by atoms with Crippen molar-refractivity contribution >= 4 is 22.2 Å². The van der Waals surface area contributed by atoms with Crippen molar-refractivity contribution in [1.82, 2.24) is 10.2 Å². The van der Waals surface area contributed by atoms with Crippen LogP contribution in [0.4, 0.5) is 10.8 Å². The average molecular weight is 264 g/mol. The maximum absolute atomic E-state index is 5.14. The van der Waals surface area contributed by atoms with Gasteiger partial charge in [-0.15, -0.1) is 10.2 Å². The minimum absolute atomic E-state index is 0.742. The monoisotopic (exact) mass is 264 g/mol. The van der Waals surface area contributed by atoms with Crippen LogP contribution in [0.3, 0.4) is 0 Å². The van der Waals surface area contributed by atoms with E-state index in [2.05, 4.69) is 20.4 Å². The minimum atomic E-state index is 0.742. The fourth-order valence-corrected chi connectivity index (χ4v) is 2.30. The van der Waals surface area contributed by atoms with Crippen molar-refractivity contribution in [2.24, 2.45) is 0 Å². The molecule has 2 rings (SSSR count). The van der Waals surface area contributed by atoms with Crippen LogP contribution in [-0.2, 0) is 6.54 Å². The molecule has 1 aromatic carbocycles. The molecule has 18 heavy (non-hydrogen) atoms. The van der Waals surface area contributed by atoms with Crippen LogP contribution >= 0.6 is 11.3 Å². The molecule has 1 N–H and O–H groups in total. The number of nitrogens with one attached hydrogen (secondary N) is 1. The second kappa shape index (κ2) is 5.68. The van der Waals surface area contributed by atoms with E-state index < -0.39 is 0 Å². The van der Waals surface area contributed by atoms with E-state index in [-0.39, 0.29) is 0 Å². The first-order valence-electron chi connectivity index (χ1n) is 5.58. The molecule has 0 saturated heterocycles. The lowest BCUT2D eigenvalue weighted by Crippen LogP contribution is -2.16. The molecule has 1 aromatic heterocycles. The van der Waals surface area contributed by atoms with E-state index in [9.17, 15) is 0 Å². The predicted octanol–water partition coefficient (Wildman–Crippen LogP) is 2.22. The third-order valence-corrected chi connectivity index (χ3v) is 3.49. The Morgan fingerprint density at radius 1 is 1.28 bits per heavy atom. The summed E-state index contributed by atoms with van der Waals surface area (Å²) in [6, 6.07) is 7.95. The highest BCUT2D eigenvalue weighted by atomic mass is 32.1. The van der Waals surface area contributed by atoms with Gasteiger partial charge in [0.05, 0.1) is 13.7 Å². The summed E-state index contributed by atoms with van der Waals surface area (Å²) in [5.74, 6) is 0.862. The van der Waals surface area contributed by atoms with Gasteiger partial charge in [-0.3, -0.25) is 0 Å². The Bertz CT molecular complexity index is 497. The highest BCUT2D eigenvalue weighted by Gasteiger charge is 2.07. The second-order valence-corrected chi connectivity index (χ2v) is 4.87. The van der Waals surface area contributed by atoms with Gasteiger partial charge in [-0.2, -0.15) is 0 Å². The van der Waals surface area contributed by atoms with Crippen molar-refractivity contribution in [2.75, 3.05) is 31.4 Å². The predicted molar refractivity (Wildman–Crippen MR) is 74.6 cm³/mol. The zero-order valence-corrected chi connectivity index (χ0v) is 11.5. The van der Waals surface area contributed by atoms with Crippen LogP contribution in [0.15, 0.2) is 24.3 Å². The van der Waals surface area contributed by atoms with Crippen molar-refractivity contribution in [2.45, 2.75) is 6.54 Å². The molecule has 0 radical (unpaired) electrons. The van der Waals surface area contributed by atoms with E-state index in [1.54, 1.807) is 18.4 Å². The molecule has 0 aliphatic rings. The molecular formula is C12H16N4OS. The van der Waals surface area contributed by atoms with Gasteiger partial charge in [-0.05, 0) is 24.3 Å². The molecule has 0 bridgehead atoms. The molecule has 0 aliphatic heterocycles. The summed E-state index contributed by atoms with van der Waals surface area (Å²) in [5.41, 5.74) is 1.12. The Balaban J connectivity index is 2.03. The third-order valence-electron chi connectivity index (χ3n) is 2.57. The van der Waals surface area contributed by atoms with Crippen molar-refractivity contribution in [3.63, 3.8) is 0 Å². The fourth-order valence-electron chi connectivity index (χ4n) is 1.55. The van der Waals surface area contributed by atoms with Crippen molar-refractivity contribution in [3.05, 3.63) is 29.3 Å². The van der Waals surface area contributed by atoms with E-state index in [1.165, 1.54) is 0 Å². The Morgan fingerprint density at radius 3 is 2.56 bits per heavy atom. The van der Waals surface area contributed by atoms with Crippen LogP contribution in [0.1, 0.15) is 5.01 Å². The number of rotatable bonds is 5. The summed E-state index contributed by atoms with van der Waals surface area (Å²) in [6.45, 7) is 0.742. The lowest BCUT2D eigenvalue weighted by atomic mass is 10.3. The van der Waals surface area contributed by atoms with Crippen LogP contribution in [0.25, 0.3) is 0 Å². The average Bonchev–Trinajstić information content (AvgIpc) is 2.86. The van der Waals surface area contributed by atoms with E-state index in [0.29, 0.717) is 0 Å². The van der Waals surface area contributed by atoms with E-state index in [0.717, 1.165) is 28.1 Å². The maximum atomic E-state index is 5.14. The number of aromatic nitrogens is 2. The van der Waals surface area contributed by atoms with E-state index >= 15 is 0 Å².